The number of aromatic nitrogens is 1. The van der Waals surface area contributed by atoms with E-state index in [1.54, 1.807) is 13.8 Å². The molecule has 4 aromatic rings. The van der Waals surface area contributed by atoms with Gasteiger partial charge >= 0.3 is 6.18 Å². The van der Waals surface area contributed by atoms with Crippen molar-refractivity contribution in [1.29, 1.82) is 0 Å². The Hall–Kier alpha value is -4.20. The van der Waals surface area contributed by atoms with Gasteiger partial charge in [0.15, 0.2) is 5.78 Å². The molecular weight excluding hydrogens is 501 g/mol. The first-order valence-electron chi connectivity index (χ1n) is 11.8. The van der Waals surface area contributed by atoms with Gasteiger partial charge in [-0.3, -0.25) is 9.78 Å². The minimum Gasteiger partial charge on any atom is -0.303 e. The molecule has 1 heterocycles. The zero-order chi connectivity index (χ0) is 27.6. The predicted molar refractivity (Wildman–Crippen MR) is 134 cm³/mol. The van der Waals surface area contributed by atoms with Crippen LogP contribution < -0.4 is 0 Å². The maximum atomic E-state index is 13.9. The van der Waals surface area contributed by atoms with Gasteiger partial charge in [0.2, 0.25) is 0 Å². The highest BCUT2D eigenvalue weighted by molar-refractivity contribution is 6.14. The number of ketones is 1. The molecule has 0 radical (unpaired) electrons. The van der Waals surface area contributed by atoms with Crippen molar-refractivity contribution in [2.75, 3.05) is 0 Å². The molecule has 4 rings (SSSR count). The summed E-state index contributed by atoms with van der Waals surface area (Å²) in [6.45, 7) is 3.60. The van der Waals surface area contributed by atoms with Crippen LogP contribution >= 0.6 is 0 Å². The molecule has 3 aromatic carbocycles. The second-order valence-electron chi connectivity index (χ2n) is 9.02. The average molecular weight is 524 g/mol. The van der Waals surface area contributed by atoms with Gasteiger partial charge in [0.25, 0.3) is 0 Å². The van der Waals surface area contributed by atoms with Crippen molar-refractivity contribution in [1.82, 2.24) is 4.98 Å². The van der Waals surface area contributed by atoms with Crippen LogP contribution in [0, 0.1) is 11.6 Å². The van der Waals surface area contributed by atoms with Gasteiger partial charge in [-0.25, -0.2) is 8.78 Å². The summed E-state index contributed by atoms with van der Waals surface area (Å²) in [5.74, 6) is -1.90. The van der Waals surface area contributed by atoms with Gasteiger partial charge in [-0.05, 0) is 65.6 Å². The Morgan fingerprint density at radius 3 is 1.84 bits per heavy atom. The molecule has 38 heavy (non-hydrogen) atoms. The predicted octanol–water partition coefficient (Wildman–Crippen LogP) is 7.81. The van der Waals surface area contributed by atoms with E-state index < -0.39 is 29.2 Å². The van der Waals surface area contributed by atoms with Gasteiger partial charge in [-0.2, -0.15) is 13.2 Å². The smallest absolute Gasteiger partial charge is 0.303 e. The maximum Gasteiger partial charge on any atom is 0.416 e. The van der Waals surface area contributed by atoms with Crippen LogP contribution in [0.15, 0.2) is 72.8 Å². The lowest BCUT2D eigenvalue weighted by Gasteiger charge is -2.22. The van der Waals surface area contributed by atoms with Gasteiger partial charge in [0.1, 0.15) is 17.9 Å². The molecule has 0 saturated carbocycles. The molecular formula is C30H22F5NO2. The Labute approximate surface area is 216 Å². The number of hydrogen-bond acceptors (Lipinski definition) is 3. The van der Waals surface area contributed by atoms with E-state index in [1.807, 2.05) is 0 Å². The SMILES string of the molecule is CC(C)c1nc(-c2ccc(F)cc2)c(CC=O)c(-c2ccc(F)cc2)c1C(=O)c1ccc(C(F)(F)F)cc1. The second-order valence-corrected chi connectivity index (χ2v) is 9.02. The number of aldehydes is 1. The largest absolute Gasteiger partial charge is 0.416 e. The fraction of sp³-hybridized carbons (Fsp3) is 0.167. The quantitative estimate of drug-likeness (QED) is 0.141. The average Bonchev–Trinajstić information content (AvgIpc) is 2.88. The highest BCUT2D eigenvalue weighted by Gasteiger charge is 2.31. The summed E-state index contributed by atoms with van der Waals surface area (Å²) >= 11 is 0. The normalized spacial score (nSPS) is 11.6. The third-order valence-electron chi connectivity index (χ3n) is 6.11. The van der Waals surface area contributed by atoms with Gasteiger partial charge < -0.3 is 4.79 Å². The molecule has 0 amide bonds. The van der Waals surface area contributed by atoms with Gasteiger partial charge in [0, 0.05) is 23.1 Å². The molecule has 0 aliphatic rings. The van der Waals surface area contributed by atoms with Gasteiger partial charge in [-0.15, -0.1) is 0 Å². The molecule has 1 aromatic heterocycles. The summed E-state index contributed by atoms with van der Waals surface area (Å²) in [4.78, 5) is 30.5. The Morgan fingerprint density at radius 2 is 1.37 bits per heavy atom. The number of benzene rings is 3. The molecule has 194 valence electrons. The summed E-state index contributed by atoms with van der Waals surface area (Å²) in [6.07, 6.45) is -4.10. The van der Waals surface area contributed by atoms with E-state index >= 15 is 0 Å². The number of nitrogens with zero attached hydrogens (tertiary/aromatic N) is 1. The standard InChI is InChI=1S/C30H22F5NO2/c1-17(2)27-26(29(38)20-3-9-21(10-4-20)30(33,34)35)25(18-5-11-22(31)12-6-18)24(15-16-37)28(36-27)19-7-13-23(32)14-8-19/h3-14,16-17H,15H2,1-2H3. The number of carbonyl (C=O) groups excluding carboxylic acids is 2. The summed E-state index contributed by atoms with van der Waals surface area (Å²) in [7, 11) is 0. The van der Waals surface area contributed by atoms with Crippen molar-refractivity contribution in [3.8, 4) is 22.4 Å². The lowest BCUT2D eigenvalue weighted by molar-refractivity contribution is -0.137. The van der Waals surface area contributed by atoms with Crippen molar-refractivity contribution in [2.45, 2.75) is 32.4 Å². The van der Waals surface area contributed by atoms with Crippen LogP contribution in [0.2, 0.25) is 0 Å². The summed E-state index contributed by atoms with van der Waals surface area (Å²) in [5.41, 5.74) is 1.49. The molecule has 8 heteroatoms. The first kappa shape index (κ1) is 26.9. The molecule has 0 N–H and O–H groups in total. The Bertz CT molecular complexity index is 1470. The molecule has 0 bridgehead atoms. The Kier molecular flexibility index (Phi) is 7.53. The number of pyridine rings is 1. The first-order chi connectivity index (χ1) is 18.0. The van der Waals surface area contributed by atoms with E-state index in [4.69, 9.17) is 4.98 Å². The molecule has 0 aliphatic carbocycles. The lowest BCUT2D eigenvalue weighted by atomic mass is 9.84. The van der Waals surface area contributed by atoms with Crippen molar-refractivity contribution < 1.29 is 31.5 Å². The molecule has 0 aliphatic heterocycles. The third-order valence-corrected chi connectivity index (χ3v) is 6.11. The van der Waals surface area contributed by atoms with Crippen LogP contribution in [0.3, 0.4) is 0 Å². The van der Waals surface area contributed by atoms with Crippen LogP contribution in [0.4, 0.5) is 22.0 Å². The van der Waals surface area contributed by atoms with Crippen molar-refractivity contribution in [2.24, 2.45) is 0 Å². The van der Waals surface area contributed by atoms with E-state index in [9.17, 15) is 31.5 Å². The zero-order valence-corrected chi connectivity index (χ0v) is 20.4. The molecule has 0 spiro atoms. The molecule has 0 atom stereocenters. The van der Waals surface area contributed by atoms with Crippen LogP contribution in [0.25, 0.3) is 22.4 Å². The fourth-order valence-corrected chi connectivity index (χ4v) is 4.31. The first-order valence-corrected chi connectivity index (χ1v) is 11.8. The fourth-order valence-electron chi connectivity index (χ4n) is 4.31. The van der Waals surface area contributed by atoms with E-state index in [0.29, 0.717) is 39.9 Å². The number of rotatable bonds is 7. The molecule has 0 saturated heterocycles. The van der Waals surface area contributed by atoms with Crippen molar-refractivity contribution in [3.05, 3.63) is 112 Å². The number of halogens is 5. The minimum atomic E-state index is -4.57. The van der Waals surface area contributed by atoms with Crippen LogP contribution in [0.5, 0.6) is 0 Å². The number of alkyl halides is 3. The topological polar surface area (TPSA) is 47.0 Å². The van der Waals surface area contributed by atoms with E-state index in [0.717, 1.165) is 24.3 Å². The lowest BCUT2D eigenvalue weighted by Crippen LogP contribution is -2.15. The van der Waals surface area contributed by atoms with Gasteiger partial charge in [-0.1, -0.05) is 38.1 Å². The third kappa shape index (κ3) is 5.39. The minimum absolute atomic E-state index is 0.00310. The van der Waals surface area contributed by atoms with Crippen molar-refractivity contribution >= 4 is 12.1 Å². The summed E-state index contributed by atoms with van der Waals surface area (Å²) < 4.78 is 66.9. The Morgan fingerprint density at radius 1 is 0.842 bits per heavy atom. The highest BCUT2D eigenvalue weighted by atomic mass is 19.4. The maximum absolute atomic E-state index is 13.9. The van der Waals surface area contributed by atoms with Crippen LogP contribution in [-0.4, -0.2) is 17.1 Å². The Balaban J connectivity index is 2.07. The monoisotopic (exact) mass is 523 g/mol. The van der Waals surface area contributed by atoms with E-state index in [2.05, 4.69) is 0 Å². The van der Waals surface area contributed by atoms with Crippen LogP contribution in [0.1, 0.15) is 52.5 Å². The van der Waals surface area contributed by atoms with Crippen molar-refractivity contribution in [3.63, 3.8) is 0 Å². The zero-order valence-electron chi connectivity index (χ0n) is 20.4. The summed E-state index contributed by atoms with van der Waals surface area (Å²) in [5, 5.41) is 0. The molecule has 0 unspecified atom stereocenters. The summed E-state index contributed by atoms with van der Waals surface area (Å²) in [6, 6.07) is 14.7. The number of hydrogen-bond donors (Lipinski definition) is 0. The highest BCUT2D eigenvalue weighted by Crippen LogP contribution is 2.39. The van der Waals surface area contributed by atoms with Gasteiger partial charge in [0.05, 0.1) is 22.5 Å². The van der Waals surface area contributed by atoms with E-state index in [-0.39, 0.29) is 23.5 Å². The second kappa shape index (κ2) is 10.7. The molecule has 0 fully saturated rings. The number of carbonyl (C=O) groups is 2. The molecule has 3 nitrogen and oxygen atoms in total. The van der Waals surface area contributed by atoms with Crippen LogP contribution in [-0.2, 0) is 17.4 Å². The van der Waals surface area contributed by atoms with E-state index in [1.165, 1.54) is 48.5 Å².